The number of aryl methyl sites for hydroxylation is 1. The molecule has 1 amide bonds. The van der Waals surface area contributed by atoms with Crippen LogP contribution in [-0.2, 0) is 7.05 Å². The van der Waals surface area contributed by atoms with Gasteiger partial charge in [0, 0.05) is 44.8 Å². The highest BCUT2D eigenvalue weighted by Gasteiger charge is 2.19. The molecule has 172 valence electrons. The van der Waals surface area contributed by atoms with Crippen molar-refractivity contribution in [1.82, 2.24) is 14.8 Å². The predicted molar refractivity (Wildman–Crippen MR) is 127 cm³/mol. The van der Waals surface area contributed by atoms with Crippen LogP contribution in [0.4, 0.5) is 27.5 Å². The number of benzene rings is 1. The van der Waals surface area contributed by atoms with E-state index in [1.54, 1.807) is 4.68 Å². The van der Waals surface area contributed by atoms with E-state index >= 15 is 0 Å². The van der Waals surface area contributed by atoms with Crippen LogP contribution in [0.1, 0.15) is 30.6 Å². The van der Waals surface area contributed by atoms with Gasteiger partial charge in [-0.15, -0.1) is 0 Å². The van der Waals surface area contributed by atoms with Crippen molar-refractivity contribution < 1.29 is 9.18 Å². The smallest absolute Gasteiger partial charge is 0.252 e. The summed E-state index contributed by atoms with van der Waals surface area (Å²) in [6.07, 6.45) is 0.753. The SMILES string of the molecule is CC(C)C[C@H](CN)Nc1nc(Nc2ccc3c(c2)c(N(C)C)nn3C)c(C(N)=O)cc1F. The van der Waals surface area contributed by atoms with Gasteiger partial charge in [0.05, 0.1) is 11.1 Å². The molecule has 9 nitrogen and oxygen atoms in total. The summed E-state index contributed by atoms with van der Waals surface area (Å²) in [6.45, 7) is 4.45. The molecule has 1 aromatic carbocycles. The lowest BCUT2D eigenvalue weighted by Gasteiger charge is -2.21. The molecule has 0 radical (unpaired) electrons. The minimum absolute atomic E-state index is 0.0186. The Labute approximate surface area is 187 Å². The highest BCUT2D eigenvalue weighted by atomic mass is 19.1. The van der Waals surface area contributed by atoms with Gasteiger partial charge in [0.25, 0.3) is 5.91 Å². The lowest BCUT2D eigenvalue weighted by Crippen LogP contribution is -2.31. The third-order valence-corrected chi connectivity index (χ3v) is 5.14. The van der Waals surface area contributed by atoms with Gasteiger partial charge in [0.1, 0.15) is 5.82 Å². The highest BCUT2D eigenvalue weighted by molar-refractivity contribution is 5.99. The van der Waals surface area contributed by atoms with Crippen molar-refractivity contribution >= 4 is 40.0 Å². The van der Waals surface area contributed by atoms with Crippen LogP contribution in [0.3, 0.4) is 0 Å². The Morgan fingerprint density at radius 3 is 2.56 bits per heavy atom. The fraction of sp³-hybridized carbons (Fsp3) is 0.409. The van der Waals surface area contributed by atoms with Crippen LogP contribution >= 0.6 is 0 Å². The molecule has 0 spiro atoms. The summed E-state index contributed by atoms with van der Waals surface area (Å²) in [6, 6.07) is 6.60. The van der Waals surface area contributed by atoms with E-state index in [0.29, 0.717) is 18.2 Å². The van der Waals surface area contributed by atoms with Crippen molar-refractivity contribution in [2.75, 3.05) is 36.2 Å². The fourth-order valence-corrected chi connectivity index (χ4v) is 3.64. The van der Waals surface area contributed by atoms with Gasteiger partial charge in [-0.3, -0.25) is 9.48 Å². The Morgan fingerprint density at radius 1 is 1.25 bits per heavy atom. The largest absolute Gasteiger partial charge is 0.365 e. The monoisotopic (exact) mass is 442 g/mol. The maximum absolute atomic E-state index is 14.7. The average molecular weight is 443 g/mol. The van der Waals surface area contributed by atoms with Crippen LogP contribution in [0.25, 0.3) is 10.9 Å². The predicted octanol–water partition coefficient (Wildman–Crippen LogP) is 2.80. The molecule has 0 saturated carbocycles. The first kappa shape index (κ1) is 23.3. The minimum Gasteiger partial charge on any atom is -0.365 e. The van der Waals surface area contributed by atoms with Crippen LogP contribution < -0.4 is 27.0 Å². The van der Waals surface area contributed by atoms with E-state index < -0.39 is 11.7 Å². The first-order valence-electron chi connectivity index (χ1n) is 10.5. The van der Waals surface area contributed by atoms with E-state index in [0.717, 1.165) is 29.2 Å². The fourth-order valence-electron chi connectivity index (χ4n) is 3.64. The first-order valence-corrected chi connectivity index (χ1v) is 10.5. The quantitative estimate of drug-likeness (QED) is 0.401. The molecule has 10 heteroatoms. The maximum atomic E-state index is 14.7. The summed E-state index contributed by atoms with van der Waals surface area (Å²) in [5.41, 5.74) is 12.9. The van der Waals surface area contributed by atoms with E-state index in [1.807, 2.05) is 44.2 Å². The van der Waals surface area contributed by atoms with E-state index in [1.165, 1.54) is 0 Å². The second-order valence-corrected chi connectivity index (χ2v) is 8.48. The Hall–Kier alpha value is -3.40. The number of halogens is 1. The molecule has 0 aliphatic rings. The van der Waals surface area contributed by atoms with Crippen LogP contribution in [0.2, 0.25) is 0 Å². The van der Waals surface area contributed by atoms with E-state index in [-0.39, 0.29) is 23.2 Å². The molecule has 0 fully saturated rings. The Balaban J connectivity index is 2.00. The van der Waals surface area contributed by atoms with Crippen molar-refractivity contribution in [1.29, 1.82) is 0 Å². The Bertz CT molecular complexity index is 1120. The van der Waals surface area contributed by atoms with Crippen LogP contribution in [-0.4, -0.2) is 47.4 Å². The van der Waals surface area contributed by atoms with Crippen molar-refractivity contribution in [3.05, 3.63) is 35.6 Å². The van der Waals surface area contributed by atoms with Crippen LogP contribution in [0, 0.1) is 11.7 Å². The molecule has 3 rings (SSSR count). The summed E-state index contributed by atoms with van der Waals surface area (Å²) in [5, 5.41) is 11.6. The number of hydrogen-bond donors (Lipinski definition) is 4. The van der Waals surface area contributed by atoms with Crippen LogP contribution in [0.5, 0.6) is 0 Å². The third kappa shape index (κ3) is 4.91. The number of amides is 1. The number of primary amides is 1. The van der Waals surface area contributed by atoms with Gasteiger partial charge in [0.15, 0.2) is 17.5 Å². The summed E-state index contributed by atoms with van der Waals surface area (Å²) in [7, 11) is 5.70. The number of nitrogens with zero attached hydrogens (tertiary/aromatic N) is 4. The molecule has 3 aromatic rings. The average Bonchev–Trinajstić information content (AvgIpc) is 3.05. The number of fused-ring (bicyclic) bond motifs is 1. The number of rotatable bonds is 9. The Kier molecular flexibility index (Phi) is 6.83. The third-order valence-electron chi connectivity index (χ3n) is 5.14. The lowest BCUT2D eigenvalue weighted by atomic mass is 10.0. The van der Waals surface area contributed by atoms with Gasteiger partial charge < -0.3 is 27.0 Å². The molecule has 1 atom stereocenters. The summed E-state index contributed by atoms with van der Waals surface area (Å²) < 4.78 is 16.5. The van der Waals surface area contributed by atoms with Gasteiger partial charge in [-0.25, -0.2) is 9.37 Å². The lowest BCUT2D eigenvalue weighted by molar-refractivity contribution is 0.100. The van der Waals surface area contributed by atoms with Gasteiger partial charge in [0.2, 0.25) is 0 Å². The number of anilines is 4. The Morgan fingerprint density at radius 2 is 1.97 bits per heavy atom. The zero-order valence-electron chi connectivity index (χ0n) is 19.1. The molecule has 32 heavy (non-hydrogen) atoms. The van der Waals surface area contributed by atoms with Crippen molar-refractivity contribution in [3.63, 3.8) is 0 Å². The van der Waals surface area contributed by atoms with Gasteiger partial charge >= 0.3 is 0 Å². The molecule has 0 unspecified atom stereocenters. The molecule has 0 aliphatic carbocycles. The van der Waals surface area contributed by atoms with Crippen molar-refractivity contribution in [2.45, 2.75) is 26.3 Å². The summed E-state index contributed by atoms with van der Waals surface area (Å²) >= 11 is 0. The molecule has 0 aliphatic heterocycles. The number of pyridine rings is 1. The molecule has 2 aromatic heterocycles. The first-order chi connectivity index (χ1) is 15.1. The van der Waals surface area contributed by atoms with Crippen molar-refractivity contribution in [3.8, 4) is 0 Å². The topological polar surface area (TPSA) is 127 Å². The molecular weight excluding hydrogens is 411 g/mol. The molecular formula is C22H31FN8O. The summed E-state index contributed by atoms with van der Waals surface area (Å²) in [4.78, 5) is 18.2. The minimum atomic E-state index is -0.778. The molecule has 2 heterocycles. The maximum Gasteiger partial charge on any atom is 0.252 e. The van der Waals surface area contributed by atoms with Gasteiger partial charge in [-0.05, 0) is 36.6 Å². The van der Waals surface area contributed by atoms with Crippen LogP contribution in [0.15, 0.2) is 24.3 Å². The second kappa shape index (κ2) is 9.39. The van der Waals surface area contributed by atoms with E-state index in [9.17, 15) is 9.18 Å². The zero-order chi connectivity index (χ0) is 23.6. The van der Waals surface area contributed by atoms with Gasteiger partial charge in [-0.1, -0.05) is 13.8 Å². The number of nitrogens with one attached hydrogen (secondary N) is 2. The van der Waals surface area contributed by atoms with E-state index in [2.05, 4.69) is 34.6 Å². The normalized spacial score (nSPS) is 12.2. The number of carbonyl (C=O) groups excluding carboxylic acids is 1. The molecule has 0 bridgehead atoms. The second-order valence-electron chi connectivity index (χ2n) is 8.48. The number of aromatic nitrogens is 3. The molecule has 0 saturated heterocycles. The zero-order valence-corrected chi connectivity index (χ0v) is 19.1. The number of hydrogen-bond acceptors (Lipinski definition) is 7. The molecule has 6 N–H and O–H groups in total. The van der Waals surface area contributed by atoms with Gasteiger partial charge in [-0.2, -0.15) is 5.10 Å². The van der Waals surface area contributed by atoms with Crippen molar-refractivity contribution in [2.24, 2.45) is 24.4 Å². The standard InChI is InChI=1S/C22H31FN8O/c1-12(2)8-14(11-24)27-21-17(23)10-16(19(25)32)20(28-21)26-13-6-7-18-15(9-13)22(30(3)4)29-31(18)5/h6-7,9-10,12,14H,8,11,24H2,1-5H3,(H2,25,32)(H2,26,27,28)/t14-/m1/s1. The summed E-state index contributed by atoms with van der Waals surface area (Å²) in [5.74, 6) is -0.0844. The number of nitrogens with two attached hydrogens (primary N) is 2. The highest BCUT2D eigenvalue weighted by Crippen LogP contribution is 2.30. The number of carbonyl (C=O) groups is 1. The van der Waals surface area contributed by atoms with E-state index in [4.69, 9.17) is 11.5 Å².